The van der Waals surface area contributed by atoms with Crippen molar-refractivity contribution in [2.45, 2.75) is 10.9 Å². The quantitative estimate of drug-likeness (QED) is 0.740. The maximum atomic E-state index is 13.7. The van der Waals surface area contributed by atoms with Crippen LogP contribution in [0.25, 0.3) is 5.69 Å². The Labute approximate surface area is 134 Å². The number of aromatic nitrogens is 3. The van der Waals surface area contributed by atoms with E-state index in [4.69, 9.17) is 5.73 Å². The van der Waals surface area contributed by atoms with Crippen molar-refractivity contribution in [2.24, 2.45) is 0 Å². The standard InChI is InChI=1S/C15H11F3N4S/c16-9-4-6-10(7-5-9)22-14(19)20-21-15(22)23-8-11-12(17)2-1-3-13(11)18/h1-7H,8H2,(H2,19,20). The van der Waals surface area contributed by atoms with Crippen molar-refractivity contribution < 1.29 is 13.2 Å². The monoisotopic (exact) mass is 336 g/mol. The second kappa shape index (κ2) is 6.33. The van der Waals surface area contributed by atoms with E-state index in [-0.39, 0.29) is 23.1 Å². The molecule has 0 saturated heterocycles. The Kier molecular flexibility index (Phi) is 4.24. The summed E-state index contributed by atoms with van der Waals surface area (Å²) in [5.74, 6) is -1.51. The summed E-state index contributed by atoms with van der Waals surface area (Å²) in [5, 5.41) is 8.02. The van der Waals surface area contributed by atoms with E-state index in [9.17, 15) is 13.2 Å². The van der Waals surface area contributed by atoms with Crippen LogP contribution in [0.3, 0.4) is 0 Å². The molecule has 0 unspecified atom stereocenters. The second-order valence-electron chi connectivity index (χ2n) is 4.64. The molecule has 0 aliphatic rings. The van der Waals surface area contributed by atoms with Gasteiger partial charge in [0, 0.05) is 11.3 Å². The third kappa shape index (κ3) is 3.16. The molecule has 3 rings (SSSR count). The van der Waals surface area contributed by atoms with Crippen molar-refractivity contribution in [1.82, 2.24) is 14.8 Å². The van der Waals surface area contributed by atoms with Gasteiger partial charge in [-0.1, -0.05) is 17.8 Å². The van der Waals surface area contributed by atoms with Gasteiger partial charge >= 0.3 is 0 Å². The van der Waals surface area contributed by atoms with Crippen molar-refractivity contribution >= 4 is 17.7 Å². The van der Waals surface area contributed by atoms with Gasteiger partial charge in [0.15, 0.2) is 5.16 Å². The van der Waals surface area contributed by atoms with Crippen LogP contribution in [0, 0.1) is 17.5 Å². The molecule has 0 aliphatic heterocycles. The fraction of sp³-hybridized carbons (Fsp3) is 0.0667. The lowest BCUT2D eigenvalue weighted by molar-refractivity contribution is 0.566. The molecule has 1 aromatic heterocycles. The molecule has 2 aromatic carbocycles. The maximum absolute atomic E-state index is 13.7. The van der Waals surface area contributed by atoms with Crippen LogP contribution in [-0.2, 0) is 5.75 Å². The molecule has 118 valence electrons. The number of rotatable bonds is 4. The smallest absolute Gasteiger partial charge is 0.227 e. The molecule has 0 amide bonds. The van der Waals surface area contributed by atoms with Gasteiger partial charge in [-0.25, -0.2) is 13.2 Å². The number of thioether (sulfide) groups is 1. The number of halogens is 3. The summed E-state index contributed by atoms with van der Waals surface area (Å²) in [7, 11) is 0. The van der Waals surface area contributed by atoms with E-state index < -0.39 is 11.6 Å². The molecule has 0 fully saturated rings. The molecule has 2 N–H and O–H groups in total. The van der Waals surface area contributed by atoms with Gasteiger partial charge in [-0.15, -0.1) is 10.2 Å². The summed E-state index contributed by atoms with van der Waals surface area (Å²) in [6, 6.07) is 9.28. The van der Waals surface area contributed by atoms with Gasteiger partial charge in [-0.3, -0.25) is 4.57 Å². The Balaban J connectivity index is 1.89. The fourth-order valence-electron chi connectivity index (χ4n) is 2.01. The summed E-state index contributed by atoms with van der Waals surface area (Å²) in [6.07, 6.45) is 0. The molecular formula is C15H11F3N4S. The van der Waals surface area contributed by atoms with Gasteiger partial charge in [0.05, 0.1) is 5.69 Å². The molecule has 0 radical (unpaired) electrons. The Morgan fingerprint density at radius 1 is 0.957 bits per heavy atom. The minimum Gasteiger partial charge on any atom is -0.368 e. The van der Waals surface area contributed by atoms with Crippen molar-refractivity contribution in [1.29, 1.82) is 0 Å². The number of benzene rings is 2. The topological polar surface area (TPSA) is 56.7 Å². The predicted octanol–water partition coefficient (Wildman–Crippen LogP) is 3.56. The largest absolute Gasteiger partial charge is 0.368 e. The van der Waals surface area contributed by atoms with E-state index in [0.717, 1.165) is 11.8 Å². The highest BCUT2D eigenvalue weighted by Crippen LogP contribution is 2.28. The SMILES string of the molecule is Nc1nnc(SCc2c(F)cccc2F)n1-c1ccc(F)cc1. The Morgan fingerprint density at radius 2 is 1.61 bits per heavy atom. The molecule has 0 bridgehead atoms. The zero-order valence-electron chi connectivity index (χ0n) is 11.7. The third-order valence-electron chi connectivity index (χ3n) is 3.15. The minimum absolute atomic E-state index is 0.0256. The first-order chi connectivity index (χ1) is 11.1. The molecule has 23 heavy (non-hydrogen) atoms. The highest BCUT2D eigenvalue weighted by atomic mass is 32.2. The summed E-state index contributed by atoms with van der Waals surface area (Å²) >= 11 is 1.08. The molecule has 0 spiro atoms. The van der Waals surface area contributed by atoms with Crippen LogP contribution in [0.15, 0.2) is 47.6 Å². The minimum atomic E-state index is -0.627. The van der Waals surface area contributed by atoms with Gasteiger partial charge in [-0.2, -0.15) is 0 Å². The van der Waals surface area contributed by atoms with Gasteiger partial charge < -0.3 is 5.73 Å². The van der Waals surface area contributed by atoms with Gasteiger partial charge in [-0.05, 0) is 36.4 Å². The number of nitrogen functional groups attached to an aromatic ring is 1. The van der Waals surface area contributed by atoms with Crippen molar-refractivity contribution in [3.8, 4) is 5.69 Å². The van der Waals surface area contributed by atoms with Crippen LogP contribution in [0.5, 0.6) is 0 Å². The second-order valence-corrected chi connectivity index (χ2v) is 5.58. The number of anilines is 1. The Hall–Kier alpha value is -2.48. The lowest BCUT2D eigenvalue weighted by atomic mass is 10.2. The molecule has 0 saturated carbocycles. The maximum Gasteiger partial charge on any atom is 0.227 e. The molecule has 1 heterocycles. The van der Waals surface area contributed by atoms with Crippen molar-refractivity contribution in [3.05, 3.63) is 65.5 Å². The van der Waals surface area contributed by atoms with Crippen LogP contribution in [0.4, 0.5) is 19.1 Å². The number of nitrogens with two attached hydrogens (primary N) is 1. The first kappa shape index (κ1) is 15.4. The van der Waals surface area contributed by atoms with E-state index in [1.165, 1.54) is 47.0 Å². The summed E-state index contributed by atoms with van der Waals surface area (Å²) in [4.78, 5) is 0. The molecular weight excluding hydrogens is 325 g/mol. The highest BCUT2D eigenvalue weighted by molar-refractivity contribution is 7.98. The zero-order chi connectivity index (χ0) is 16.4. The molecule has 4 nitrogen and oxygen atoms in total. The first-order valence-electron chi connectivity index (χ1n) is 6.59. The summed E-state index contributed by atoms with van der Waals surface area (Å²) in [5.41, 5.74) is 6.28. The lowest BCUT2D eigenvalue weighted by Gasteiger charge is -2.08. The van der Waals surface area contributed by atoms with Crippen LogP contribution >= 0.6 is 11.8 Å². The Bertz CT molecular complexity index is 813. The van der Waals surface area contributed by atoms with Crippen molar-refractivity contribution in [2.75, 3.05) is 5.73 Å². The fourth-order valence-corrected chi connectivity index (χ4v) is 2.99. The van der Waals surface area contributed by atoms with Crippen LogP contribution in [-0.4, -0.2) is 14.8 Å². The van der Waals surface area contributed by atoms with E-state index in [2.05, 4.69) is 10.2 Å². The lowest BCUT2D eigenvalue weighted by Crippen LogP contribution is -2.02. The normalized spacial score (nSPS) is 10.9. The van der Waals surface area contributed by atoms with Gasteiger partial charge in [0.1, 0.15) is 17.5 Å². The van der Waals surface area contributed by atoms with E-state index in [0.29, 0.717) is 10.8 Å². The van der Waals surface area contributed by atoms with Crippen LogP contribution in [0.1, 0.15) is 5.56 Å². The van der Waals surface area contributed by atoms with Crippen LogP contribution in [0.2, 0.25) is 0 Å². The van der Waals surface area contributed by atoms with Gasteiger partial charge in [0.2, 0.25) is 5.95 Å². The first-order valence-corrected chi connectivity index (χ1v) is 7.57. The Morgan fingerprint density at radius 3 is 2.26 bits per heavy atom. The molecule has 3 aromatic rings. The van der Waals surface area contributed by atoms with E-state index in [1.807, 2.05) is 0 Å². The zero-order valence-corrected chi connectivity index (χ0v) is 12.5. The van der Waals surface area contributed by atoms with Crippen LogP contribution < -0.4 is 5.73 Å². The number of hydrogen-bond donors (Lipinski definition) is 1. The average molecular weight is 336 g/mol. The number of hydrogen-bond acceptors (Lipinski definition) is 4. The van der Waals surface area contributed by atoms with Gasteiger partial charge in [0.25, 0.3) is 0 Å². The molecule has 8 heteroatoms. The average Bonchev–Trinajstić information content (AvgIpc) is 2.89. The summed E-state index contributed by atoms with van der Waals surface area (Å²) in [6.45, 7) is 0. The molecule has 0 aliphatic carbocycles. The number of nitrogens with zero attached hydrogens (tertiary/aromatic N) is 3. The van der Waals surface area contributed by atoms with Crippen molar-refractivity contribution in [3.63, 3.8) is 0 Å². The van der Waals surface area contributed by atoms with E-state index in [1.54, 1.807) is 0 Å². The predicted molar refractivity (Wildman–Crippen MR) is 81.6 cm³/mol. The molecule has 0 atom stereocenters. The summed E-state index contributed by atoms with van der Waals surface area (Å²) < 4.78 is 41.8. The van der Waals surface area contributed by atoms with E-state index >= 15 is 0 Å². The third-order valence-corrected chi connectivity index (χ3v) is 4.11. The highest BCUT2D eigenvalue weighted by Gasteiger charge is 2.15.